The van der Waals surface area contributed by atoms with Gasteiger partial charge in [0.05, 0.1) is 17.8 Å². The van der Waals surface area contributed by atoms with Gasteiger partial charge < -0.3 is 5.32 Å². The van der Waals surface area contributed by atoms with Crippen LogP contribution in [0.2, 0.25) is 0 Å². The standard InChI is InChI=1S/C24H23N3O2S/c1-3-20(18-11-9-16(2)10-12-18)26-21(28)13-27-15-25-23-22(24(27)29)19(14-30-23)17-7-5-4-6-8-17/h4-12,14-15,20H,3,13H2,1-2H3,(H,26,28)/t20-/m0/s1. The zero-order valence-corrected chi connectivity index (χ0v) is 17.8. The van der Waals surface area contributed by atoms with Crippen molar-refractivity contribution in [3.63, 3.8) is 0 Å². The van der Waals surface area contributed by atoms with Crippen molar-refractivity contribution in [2.24, 2.45) is 0 Å². The molecule has 5 nitrogen and oxygen atoms in total. The van der Waals surface area contributed by atoms with Crippen molar-refractivity contribution in [1.29, 1.82) is 0 Å². The Hall–Kier alpha value is -3.25. The summed E-state index contributed by atoms with van der Waals surface area (Å²) in [6.45, 7) is 4.00. The highest BCUT2D eigenvalue weighted by Crippen LogP contribution is 2.30. The van der Waals surface area contributed by atoms with Crippen molar-refractivity contribution >= 4 is 27.5 Å². The Morgan fingerprint density at radius 3 is 2.57 bits per heavy atom. The summed E-state index contributed by atoms with van der Waals surface area (Å²) in [5.74, 6) is -0.206. The Kier molecular flexibility index (Phi) is 5.77. The van der Waals surface area contributed by atoms with Gasteiger partial charge in [-0.05, 0) is 24.5 Å². The quantitative estimate of drug-likeness (QED) is 0.495. The first-order chi connectivity index (χ1) is 14.6. The Morgan fingerprint density at radius 1 is 1.13 bits per heavy atom. The van der Waals surface area contributed by atoms with Crippen molar-refractivity contribution in [3.8, 4) is 11.1 Å². The Morgan fingerprint density at radius 2 is 1.87 bits per heavy atom. The van der Waals surface area contributed by atoms with Crippen LogP contribution in [0.25, 0.3) is 21.3 Å². The Balaban J connectivity index is 1.59. The van der Waals surface area contributed by atoms with Gasteiger partial charge in [0.2, 0.25) is 5.91 Å². The monoisotopic (exact) mass is 417 g/mol. The predicted octanol–water partition coefficient (Wildman–Crippen LogP) is 4.70. The van der Waals surface area contributed by atoms with Crippen LogP contribution >= 0.6 is 11.3 Å². The van der Waals surface area contributed by atoms with Crippen LogP contribution < -0.4 is 10.9 Å². The average molecular weight is 418 g/mol. The van der Waals surface area contributed by atoms with Crippen molar-refractivity contribution in [3.05, 3.63) is 87.8 Å². The van der Waals surface area contributed by atoms with Gasteiger partial charge in [-0.3, -0.25) is 14.2 Å². The first-order valence-electron chi connectivity index (χ1n) is 9.94. The van der Waals surface area contributed by atoms with Gasteiger partial charge in [-0.2, -0.15) is 0 Å². The first-order valence-corrected chi connectivity index (χ1v) is 10.8. The van der Waals surface area contributed by atoms with Crippen LogP contribution in [0, 0.1) is 6.92 Å². The van der Waals surface area contributed by atoms with Crippen LogP contribution in [0.5, 0.6) is 0 Å². The molecule has 0 saturated carbocycles. The van der Waals surface area contributed by atoms with E-state index in [1.807, 2.05) is 73.8 Å². The molecule has 152 valence electrons. The van der Waals surface area contributed by atoms with Crippen molar-refractivity contribution < 1.29 is 4.79 Å². The second-order valence-electron chi connectivity index (χ2n) is 7.31. The van der Waals surface area contributed by atoms with E-state index in [-0.39, 0.29) is 24.1 Å². The van der Waals surface area contributed by atoms with Crippen molar-refractivity contribution in [2.75, 3.05) is 0 Å². The number of aromatic nitrogens is 2. The minimum Gasteiger partial charge on any atom is -0.348 e. The fourth-order valence-corrected chi connectivity index (χ4v) is 4.43. The summed E-state index contributed by atoms with van der Waals surface area (Å²) in [6, 6.07) is 17.8. The number of carbonyl (C=O) groups is 1. The fraction of sp³-hybridized carbons (Fsp3) is 0.208. The van der Waals surface area contributed by atoms with E-state index in [2.05, 4.69) is 10.3 Å². The highest BCUT2D eigenvalue weighted by atomic mass is 32.1. The van der Waals surface area contributed by atoms with Gasteiger partial charge in [-0.25, -0.2) is 4.98 Å². The number of thiophene rings is 1. The van der Waals surface area contributed by atoms with Gasteiger partial charge in [0.15, 0.2) is 0 Å². The summed E-state index contributed by atoms with van der Waals surface area (Å²) in [7, 11) is 0. The molecule has 6 heteroatoms. The second kappa shape index (κ2) is 8.63. The van der Waals surface area contributed by atoms with Crippen LogP contribution in [0.4, 0.5) is 0 Å². The smallest absolute Gasteiger partial charge is 0.263 e. The molecule has 1 N–H and O–H groups in total. The molecular weight excluding hydrogens is 394 g/mol. The molecule has 0 aliphatic heterocycles. The summed E-state index contributed by atoms with van der Waals surface area (Å²) in [4.78, 5) is 30.9. The van der Waals surface area contributed by atoms with E-state index < -0.39 is 0 Å². The number of hydrogen-bond acceptors (Lipinski definition) is 4. The van der Waals surface area contributed by atoms with Gasteiger partial charge in [-0.15, -0.1) is 11.3 Å². The molecule has 4 rings (SSSR count). The molecule has 0 aliphatic carbocycles. The lowest BCUT2D eigenvalue weighted by molar-refractivity contribution is -0.122. The van der Waals surface area contributed by atoms with Crippen LogP contribution in [0.3, 0.4) is 0 Å². The number of fused-ring (bicyclic) bond motifs is 1. The van der Waals surface area contributed by atoms with Gasteiger partial charge >= 0.3 is 0 Å². The zero-order chi connectivity index (χ0) is 21.1. The predicted molar refractivity (Wildman–Crippen MR) is 122 cm³/mol. The highest BCUT2D eigenvalue weighted by Gasteiger charge is 2.17. The number of amides is 1. The summed E-state index contributed by atoms with van der Waals surface area (Å²) in [6.07, 6.45) is 2.23. The van der Waals surface area contributed by atoms with Gasteiger partial charge in [0, 0.05) is 10.9 Å². The second-order valence-corrected chi connectivity index (χ2v) is 8.17. The summed E-state index contributed by atoms with van der Waals surface area (Å²) >= 11 is 1.44. The van der Waals surface area contributed by atoms with Gasteiger partial charge in [-0.1, -0.05) is 67.1 Å². The molecule has 0 saturated heterocycles. The van der Waals surface area contributed by atoms with Crippen LogP contribution in [-0.2, 0) is 11.3 Å². The molecule has 2 aromatic carbocycles. The maximum atomic E-state index is 13.1. The molecule has 4 aromatic rings. The van der Waals surface area contributed by atoms with Crippen LogP contribution in [0.1, 0.15) is 30.5 Å². The molecule has 0 radical (unpaired) electrons. The maximum absolute atomic E-state index is 13.1. The summed E-state index contributed by atoms with van der Waals surface area (Å²) in [5, 5.41) is 5.55. The van der Waals surface area contributed by atoms with Gasteiger partial charge in [0.25, 0.3) is 5.56 Å². The molecule has 0 aliphatic rings. The van der Waals surface area contributed by atoms with Crippen molar-refractivity contribution in [1.82, 2.24) is 14.9 Å². The molecular formula is C24H23N3O2S. The molecule has 0 fully saturated rings. The topological polar surface area (TPSA) is 64.0 Å². The lowest BCUT2D eigenvalue weighted by Crippen LogP contribution is -2.34. The summed E-state index contributed by atoms with van der Waals surface area (Å²) in [5.41, 5.74) is 3.86. The highest BCUT2D eigenvalue weighted by molar-refractivity contribution is 7.17. The number of benzene rings is 2. The van der Waals surface area contributed by atoms with E-state index in [4.69, 9.17) is 0 Å². The lowest BCUT2D eigenvalue weighted by atomic mass is 10.0. The molecule has 1 atom stereocenters. The third kappa shape index (κ3) is 4.04. The molecule has 0 spiro atoms. The largest absolute Gasteiger partial charge is 0.348 e. The van der Waals surface area contributed by atoms with E-state index in [1.165, 1.54) is 27.8 Å². The number of hydrogen-bond donors (Lipinski definition) is 1. The minimum atomic E-state index is -0.206. The third-order valence-corrected chi connectivity index (χ3v) is 6.07. The van der Waals surface area contributed by atoms with E-state index in [9.17, 15) is 9.59 Å². The number of rotatable bonds is 6. The van der Waals surface area contributed by atoms with Crippen molar-refractivity contribution in [2.45, 2.75) is 32.9 Å². The molecule has 2 aromatic heterocycles. The van der Waals surface area contributed by atoms with E-state index in [1.54, 1.807) is 0 Å². The van der Waals surface area contributed by atoms with Gasteiger partial charge in [0.1, 0.15) is 11.4 Å². The van der Waals surface area contributed by atoms with Crippen LogP contribution in [-0.4, -0.2) is 15.5 Å². The molecule has 1 amide bonds. The number of carbonyl (C=O) groups excluding carboxylic acids is 1. The SMILES string of the molecule is CC[C@H](NC(=O)Cn1cnc2scc(-c3ccccc3)c2c1=O)c1ccc(C)cc1. The van der Waals surface area contributed by atoms with E-state index in [0.717, 1.165) is 23.1 Å². The average Bonchev–Trinajstić information content (AvgIpc) is 3.20. The third-order valence-electron chi connectivity index (χ3n) is 5.18. The summed E-state index contributed by atoms with van der Waals surface area (Å²) < 4.78 is 1.39. The van der Waals surface area contributed by atoms with Crippen LogP contribution in [0.15, 0.2) is 71.1 Å². The minimum absolute atomic E-state index is 0.0613. The molecule has 0 unspecified atom stereocenters. The lowest BCUT2D eigenvalue weighted by Gasteiger charge is -2.18. The maximum Gasteiger partial charge on any atom is 0.263 e. The van der Waals surface area contributed by atoms with E-state index >= 15 is 0 Å². The Labute approximate surface area is 179 Å². The first kappa shape index (κ1) is 20.0. The molecule has 2 heterocycles. The molecule has 30 heavy (non-hydrogen) atoms. The fourth-order valence-electron chi connectivity index (χ4n) is 3.52. The molecule has 0 bridgehead atoms. The normalized spacial score (nSPS) is 12.1. The van der Waals surface area contributed by atoms with E-state index in [0.29, 0.717) is 10.2 Å². The Bertz CT molecular complexity index is 1230. The number of nitrogens with one attached hydrogen (secondary N) is 1. The zero-order valence-electron chi connectivity index (χ0n) is 17.0. The number of nitrogens with zero attached hydrogens (tertiary/aromatic N) is 2. The number of aryl methyl sites for hydroxylation is 1.